The minimum atomic E-state index is -3.98. The number of halogens is 1. The monoisotopic (exact) mass is 533 g/mol. The molecule has 0 amide bonds. The zero-order chi connectivity index (χ0) is 25.9. The summed E-state index contributed by atoms with van der Waals surface area (Å²) in [5.74, 6) is 0.457. The number of rotatable bonds is 10. The average molecular weight is 534 g/mol. The number of hydrogen-bond acceptors (Lipinski definition) is 9. The molecule has 0 fully saturated rings. The molecule has 0 aliphatic carbocycles. The lowest BCUT2D eigenvalue weighted by Crippen LogP contribution is -2.20. The summed E-state index contributed by atoms with van der Waals surface area (Å²) >= 11 is 6.10. The third-order valence-electron chi connectivity index (χ3n) is 5.36. The number of methoxy groups -OCH3 is 1. The normalized spacial score (nSPS) is 11.7. The van der Waals surface area contributed by atoms with Gasteiger partial charge in [-0.05, 0) is 43.3 Å². The van der Waals surface area contributed by atoms with Crippen LogP contribution in [0, 0.1) is 12.8 Å². The van der Waals surface area contributed by atoms with Gasteiger partial charge in [0.25, 0.3) is 10.0 Å². The highest BCUT2D eigenvalue weighted by Crippen LogP contribution is 2.30. The summed E-state index contributed by atoms with van der Waals surface area (Å²) in [7, 11) is -2.54. The van der Waals surface area contributed by atoms with E-state index in [9.17, 15) is 18.6 Å². The van der Waals surface area contributed by atoms with Gasteiger partial charge in [0.2, 0.25) is 5.88 Å². The standard InChI is InChI=1S/C23H24ClN5O6S/c1-13-20-22(28-27-13)25-21(26-23(20)35-12-14(10-30)11-31)15-3-5-16(6-4-15)29-36(32,33)19-9-17(34-2)7-8-18(19)24/h3-9,14,29-31H,10-12H2,1-2H3,(H,25,26,27,28). The fourth-order valence-corrected chi connectivity index (χ4v) is 4.91. The molecule has 190 valence electrons. The van der Waals surface area contributed by atoms with Crippen molar-refractivity contribution < 1.29 is 28.1 Å². The molecule has 0 saturated carbocycles. The number of ether oxygens (including phenoxy) is 2. The zero-order valence-corrected chi connectivity index (χ0v) is 21.0. The third kappa shape index (κ3) is 5.36. The molecule has 0 unspecified atom stereocenters. The van der Waals surface area contributed by atoms with Crippen molar-refractivity contribution in [3.63, 3.8) is 0 Å². The summed E-state index contributed by atoms with van der Waals surface area (Å²) < 4.78 is 39.1. The summed E-state index contributed by atoms with van der Waals surface area (Å²) in [6.07, 6.45) is 0. The fourth-order valence-electron chi connectivity index (χ4n) is 3.34. The Morgan fingerprint density at radius 2 is 1.83 bits per heavy atom. The molecule has 0 saturated heterocycles. The summed E-state index contributed by atoms with van der Waals surface area (Å²) in [4.78, 5) is 8.87. The van der Waals surface area contributed by atoms with Crippen molar-refractivity contribution in [3.05, 3.63) is 53.2 Å². The number of hydrogen-bond donors (Lipinski definition) is 4. The van der Waals surface area contributed by atoms with E-state index in [1.165, 1.54) is 19.2 Å². The first-order valence-corrected chi connectivity index (χ1v) is 12.7. The second-order valence-electron chi connectivity index (χ2n) is 7.92. The Morgan fingerprint density at radius 1 is 1.11 bits per heavy atom. The number of aliphatic hydroxyl groups excluding tert-OH is 2. The van der Waals surface area contributed by atoms with Crippen molar-refractivity contribution in [1.29, 1.82) is 0 Å². The molecule has 2 aromatic carbocycles. The lowest BCUT2D eigenvalue weighted by atomic mass is 10.2. The zero-order valence-electron chi connectivity index (χ0n) is 19.4. The van der Waals surface area contributed by atoms with E-state index < -0.39 is 15.9 Å². The Labute approximate surface area is 212 Å². The van der Waals surface area contributed by atoms with Crippen molar-refractivity contribution >= 4 is 38.3 Å². The molecule has 4 N–H and O–H groups in total. The molecule has 0 spiro atoms. The van der Waals surface area contributed by atoms with Gasteiger partial charge in [-0.1, -0.05) is 11.6 Å². The van der Waals surface area contributed by atoms with Crippen molar-refractivity contribution in [2.24, 2.45) is 5.92 Å². The molecule has 0 aliphatic heterocycles. The van der Waals surface area contributed by atoms with Crippen LogP contribution in [0.2, 0.25) is 5.02 Å². The predicted octanol–water partition coefficient (Wildman–Crippen LogP) is 2.77. The van der Waals surface area contributed by atoms with E-state index >= 15 is 0 Å². The highest BCUT2D eigenvalue weighted by atomic mass is 35.5. The molecule has 2 heterocycles. The number of sulfonamides is 1. The Bertz CT molecular complexity index is 1470. The lowest BCUT2D eigenvalue weighted by molar-refractivity contribution is 0.105. The minimum absolute atomic E-state index is 0.0523. The maximum atomic E-state index is 12.9. The lowest BCUT2D eigenvalue weighted by Gasteiger charge is -2.13. The topological polar surface area (TPSA) is 160 Å². The van der Waals surface area contributed by atoms with Crippen LogP contribution in [0.4, 0.5) is 5.69 Å². The molecule has 2 aromatic heterocycles. The predicted molar refractivity (Wildman–Crippen MR) is 134 cm³/mol. The quantitative estimate of drug-likeness (QED) is 0.240. The molecule has 4 rings (SSSR count). The van der Waals surface area contributed by atoms with Gasteiger partial charge < -0.3 is 19.7 Å². The Balaban J connectivity index is 1.61. The molecule has 0 bridgehead atoms. The molecule has 36 heavy (non-hydrogen) atoms. The number of aromatic nitrogens is 4. The van der Waals surface area contributed by atoms with Crippen molar-refractivity contribution in [1.82, 2.24) is 20.2 Å². The molecule has 4 aromatic rings. The van der Waals surface area contributed by atoms with Gasteiger partial charge in [0.05, 0.1) is 32.0 Å². The Hall–Kier alpha value is -3.45. The van der Waals surface area contributed by atoms with Gasteiger partial charge >= 0.3 is 0 Å². The number of aryl methyl sites for hydroxylation is 1. The van der Waals surface area contributed by atoms with Gasteiger partial charge in [-0.2, -0.15) is 10.1 Å². The van der Waals surface area contributed by atoms with Crippen molar-refractivity contribution in [2.45, 2.75) is 11.8 Å². The van der Waals surface area contributed by atoms with Gasteiger partial charge in [0, 0.05) is 28.9 Å². The number of H-pyrrole nitrogens is 1. The molecule has 0 atom stereocenters. The SMILES string of the molecule is COc1ccc(Cl)c(S(=O)(=O)Nc2ccc(-c3nc(OCC(CO)CO)c4c(C)[nH]nc4n3)cc2)c1. The number of nitrogens with one attached hydrogen (secondary N) is 2. The van der Waals surface area contributed by atoms with Crippen LogP contribution in [0.3, 0.4) is 0 Å². The van der Waals surface area contributed by atoms with Crippen LogP contribution < -0.4 is 14.2 Å². The number of aliphatic hydroxyl groups is 2. The maximum Gasteiger partial charge on any atom is 0.263 e. The number of benzene rings is 2. The van der Waals surface area contributed by atoms with E-state index in [2.05, 4.69) is 24.9 Å². The number of fused-ring (bicyclic) bond motifs is 1. The van der Waals surface area contributed by atoms with E-state index in [4.69, 9.17) is 21.1 Å². The molecule has 11 nitrogen and oxygen atoms in total. The second kappa shape index (κ2) is 10.7. The molecular formula is C23H24ClN5O6S. The smallest absolute Gasteiger partial charge is 0.263 e. The molecule has 0 radical (unpaired) electrons. The van der Waals surface area contributed by atoms with Gasteiger partial charge in [0.15, 0.2) is 11.5 Å². The van der Waals surface area contributed by atoms with E-state index in [0.717, 1.165) is 0 Å². The summed E-state index contributed by atoms with van der Waals surface area (Å²) in [5, 5.41) is 26.3. The first kappa shape index (κ1) is 25.6. The second-order valence-corrected chi connectivity index (χ2v) is 9.98. The van der Waals surface area contributed by atoms with E-state index in [1.54, 1.807) is 37.3 Å². The van der Waals surface area contributed by atoms with Crippen LogP contribution in [-0.2, 0) is 10.0 Å². The van der Waals surface area contributed by atoms with Crippen LogP contribution in [-0.4, -0.2) is 65.7 Å². The number of aromatic amines is 1. The third-order valence-corrected chi connectivity index (χ3v) is 7.22. The highest BCUT2D eigenvalue weighted by molar-refractivity contribution is 7.92. The van der Waals surface area contributed by atoms with Crippen LogP contribution >= 0.6 is 11.6 Å². The molecule has 0 aliphatic rings. The van der Waals surface area contributed by atoms with Crippen molar-refractivity contribution in [2.75, 3.05) is 31.7 Å². The number of nitrogens with zero attached hydrogens (tertiary/aromatic N) is 3. The number of anilines is 1. The first-order chi connectivity index (χ1) is 17.2. The van der Waals surface area contributed by atoms with Crippen LogP contribution in [0.15, 0.2) is 47.4 Å². The van der Waals surface area contributed by atoms with Crippen molar-refractivity contribution in [3.8, 4) is 23.0 Å². The summed E-state index contributed by atoms with van der Waals surface area (Å²) in [6.45, 7) is 1.38. The van der Waals surface area contributed by atoms with Crippen LogP contribution in [0.1, 0.15) is 5.69 Å². The van der Waals surface area contributed by atoms with Gasteiger partial charge in [-0.3, -0.25) is 9.82 Å². The van der Waals surface area contributed by atoms with E-state index in [1.807, 2.05) is 0 Å². The largest absolute Gasteiger partial charge is 0.497 e. The van der Waals surface area contributed by atoms with Gasteiger partial charge in [0.1, 0.15) is 16.0 Å². The van der Waals surface area contributed by atoms with E-state index in [0.29, 0.717) is 39.6 Å². The van der Waals surface area contributed by atoms with Gasteiger partial charge in [-0.15, -0.1) is 0 Å². The van der Waals surface area contributed by atoms with E-state index in [-0.39, 0.29) is 35.6 Å². The Kier molecular flexibility index (Phi) is 7.59. The summed E-state index contributed by atoms with van der Waals surface area (Å²) in [6, 6.07) is 10.8. The minimum Gasteiger partial charge on any atom is -0.497 e. The van der Waals surface area contributed by atoms with Crippen LogP contribution in [0.25, 0.3) is 22.4 Å². The Morgan fingerprint density at radius 3 is 2.50 bits per heavy atom. The average Bonchev–Trinajstić information content (AvgIpc) is 3.25. The highest BCUT2D eigenvalue weighted by Gasteiger charge is 2.20. The molecular weight excluding hydrogens is 510 g/mol. The fraction of sp³-hybridized carbons (Fsp3) is 0.261. The van der Waals surface area contributed by atoms with Crippen LogP contribution in [0.5, 0.6) is 11.6 Å². The van der Waals surface area contributed by atoms with Gasteiger partial charge in [-0.25, -0.2) is 13.4 Å². The summed E-state index contributed by atoms with van der Waals surface area (Å²) in [5.41, 5.74) is 1.98. The molecule has 13 heteroatoms. The maximum absolute atomic E-state index is 12.9. The first-order valence-electron chi connectivity index (χ1n) is 10.8.